The van der Waals surface area contributed by atoms with Crippen molar-refractivity contribution in [2.75, 3.05) is 0 Å². The highest BCUT2D eigenvalue weighted by atomic mass is 79.9. The molecule has 0 aliphatic rings. The van der Waals surface area contributed by atoms with Crippen LogP contribution >= 0.6 is 39.1 Å². The lowest BCUT2D eigenvalue weighted by Gasteiger charge is -2.09. The second kappa shape index (κ2) is 8.31. The fourth-order valence-corrected chi connectivity index (χ4v) is 3.48. The standard InChI is InChI=1S/C20H12BrCl2N3O2/c21-16-9-25-17(10-24-16)27-11-13-19(18-14(22)7-4-8-15(18)23)26-28-20(13)12-5-2-1-3-6-12/h1-10H,11H2. The van der Waals surface area contributed by atoms with E-state index in [0.717, 1.165) is 5.56 Å². The fourth-order valence-electron chi connectivity index (χ4n) is 2.70. The summed E-state index contributed by atoms with van der Waals surface area (Å²) >= 11 is 16.0. The third-order valence-electron chi connectivity index (χ3n) is 3.98. The van der Waals surface area contributed by atoms with Crippen LogP contribution in [0.2, 0.25) is 10.0 Å². The van der Waals surface area contributed by atoms with Gasteiger partial charge in [-0.2, -0.15) is 0 Å². The highest BCUT2D eigenvalue weighted by molar-refractivity contribution is 9.10. The first-order valence-electron chi connectivity index (χ1n) is 8.22. The molecule has 0 saturated carbocycles. The Morgan fingerprint density at radius 2 is 1.68 bits per heavy atom. The fraction of sp³-hybridized carbons (Fsp3) is 0.0500. The number of rotatable bonds is 5. The summed E-state index contributed by atoms with van der Waals surface area (Å²) in [7, 11) is 0. The number of hydrogen-bond acceptors (Lipinski definition) is 5. The number of halogens is 3. The molecule has 8 heteroatoms. The maximum Gasteiger partial charge on any atom is 0.232 e. The van der Waals surface area contributed by atoms with Crippen LogP contribution in [0.25, 0.3) is 22.6 Å². The van der Waals surface area contributed by atoms with E-state index in [1.54, 1.807) is 24.4 Å². The molecule has 140 valence electrons. The minimum atomic E-state index is 0.154. The van der Waals surface area contributed by atoms with Crippen molar-refractivity contribution in [2.45, 2.75) is 6.61 Å². The number of aromatic nitrogens is 3. The van der Waals surface area contributed by atoms with Gasteiger partial charge < -0.3 is 9.26 Å². The van der Waals surface area contributed by atoms with Crippen LogP contribution in [0.1, 0.15) is 5.56 Å². The number of hydrogen-bond donors (Lipinski definition) is 0. The van der Waals surface area contributed by atoms with Crippen LogP contribution in [0.4, 0.5) is 0 Å². The molecule has 0 N–H and O–H groups in total. The molecule has 0 bridgehead atoms. The zero-order chi connectivity index (χ0) is 19.5. The van der Waals surface area contributed by atoms with Gasteiger partial charge in [0.1, 0.15) is 16.9 Å². The molecule has 0 fully saturated rings. The molecular weight excluding hydrogens is 465 g/mol. The number of ether oxygens (including phenoxy) is 1. The van der Waals surface area contributed by atoms with Crippen molar-refractivity contribution in [2.24, 2.45) is 0 Å². The Kier molecular flexibility index (Phi) is 5.62. The molecule has 0 radical (unpaired) electrons. The first-order chi connectivity index (χ1) is 13.6. The summed E-state index contributed by atoms with van der Waals surface area (Å²) in [5, 5.41) is 5.20. The summed E-state index contributed by atoms with van der Waals surface area (Å²) in [6.07, 6.45) is 3.09. The van der Waals surface area contributed by atoms with E-state index in [4.69, 9.17) is 32.5 Å². The zero-order valence-electron chi connectivity index (χ0n) is 14.3. The lowest BCUT2D eigenvalue weighted by Crippen LogP contribution is -2.00. The van der Waals surface area contributed by atoms with Crippen molar-refractivity contribution in [1.29, 1.82) is 0 Å². The molecule has 2 heterocycles. The van der Waals surface area contributed by atoms with Crippen molar-refractivity contribution >= 4 is 39.1 Å². The van der Waals surface area contributed by atoms with Gasteiger partial charge in [0.15, 0.2) is 5.76 Å². The number of benzene rings is 2. The van der Waals surface area contributed by atoms with Gasteiger partial charge in [-0.25, -0.2) is 9.97 Å². The molecule has 4 aromatic rings. The molecule has 2 aromatic heterocycles. The minimum Gasteiger partial charge on any atom is -0.471 e. The maximum absolute atomic E-state index is 6.39. The largest absolute Gasteiger partial charge is 0.471 e. The first kappa shape index (κ1) is 18.9. The van der Waals surface area contributed by atoms with E-state index >= 15 is 0 Å². The second-order valence-electron chi connectivity index (χ2n) is 5.77. The van der Waals surface area contributed by atoms with Gasteiger partial charge in [0.25, 0.3) is 0 Å². The Morgan fingerprint density at radius 1 is 0.929 bits per heavy atom. The SMILES string of the molecule is Clc1cccc(Cl)c1-c1noc(-c2ccccc2)c1COc1cnc(Br)cn1. The quantitative estimate of drug-likeness (QED) is 0.331. The zero-order valence-corrected chi connectivity index (χ0v) is 17.4. The van der Waals surface area contributed by atoms with Crippen LogP contribution < -0.4 is 4.74 Å². The van der Waals surface area contributed by atoms with E-state index in [9.17, 15) is 0 Å². The van der Waals surface area contributed by atoms with Gasteiger partial charge in [-0.15, -0.1) is 0 Å². The maximum atomic E-state index is 6.39. The Morgan fingerprint density at radius 3 is 2.36 bits per heavy atom. The molecule has 5 nitrogen and oxygen atoms in total. The first-order valence-corrected chi connectivity index (χ1v) is 9.77. The van der Waals surface area contributed by atoms with E-state index in [2.05, 4.69) is 31.1 Å². The van der Waals surface area contributed by atoms with Gasteiger partial charge in [-0.1, -0.05) is 64.8 Å². The summed E-state index contributed by atoms with van der Waals surface area (Å²) in [6, 6.07) is 14.9. The molecule has 0 saturated heterocycles. The molecule has 0 aliphatic carbocycles. The molecule has 0 amide bonds. The lowest BCUT2D eigenvalue weighted by molar-refractivity contribution is 0.292. The van der Waals surface area contributed by atoms with Gasteiger partial charge in [0.05, 0.1) is 28.0 Å². The van der Waals surface area contributed by atoms with Crippen LogP contribution in [0, 0.1) is 0 Å². The summed E-state index contributed by atoms with van der Waals surface area (Å²) in [6.45, 7) is 0.154. The Hall–Kier alpha value is -2.41. The van der Waals surface area contributed by atoms with E-state index < -0.39 is 0 Å². The van der Waals surface area contributed by atoms with E-state index in [1.165, 1.54) is 6.20 Å². The van der Waals surface area contributed by atoms with Gasteiger partial charge in [-0.05, 0) is 28.1 Å². The normalized spacial score (nSPS) is 10.8. The van der Waals surface area contributed by atoms with Crippen LogP contribution in [0.15, 0.2) is 70.1 Å². The third-order valence-corrected chi connectivity index (χ3v) is 5.02. The van der Waals surface area contributed by atoms with Gasteiger partial charge in [-0.3, -0.25) is 0 Å². The Balaban J connectivity index is 1.78. The van der Waals surface area contributed by atoms with Gasteiger partial charge in [0.2, 0.25) is 5.88 Å². The van der Waals surface area contributed by atoms with Gasteiger partial charge >= 0.3 is 0 Å². The predicted octanol–water partition coefficient (Wildman–Crippen LogP) is 6.45. The van der Waals surface area contributed by atoms with E-state index in [0.29, 0.717) is 43.1 Å². The van der Waals surface area contributed by atoms with Crippen molar-refractivity contribution in [3.05, 3.63) is 81.1 Å². The molecule has 0 aliphatic heterocycles. The number of nitrogens with zero attached hydrogens (tertiary/aromatic N) is 3. The summed E-state index contributed by atoms with van der Waals surface area (Å²) in [4.78, 5) is 8.30. The van der Waals surface area contributed by atoms with Crippen molar-refractivity contribution in [3.63, 3.8) is 0 Å². The molecule has 0 atom stereocenters. The summed E-state index contributed by atoms with van der Waals surface area (Å²) in [5.41, 5.74) is 2.70. The smallest absolute Gasteiger partial charge is 0.232 e. The molecule has 4 rings (SSSR count). The molecule has 28 heavy (non-hydrogen) atoms. The van der Waals surface area contributed by atoms with Crippen molar-refractivity contribution in [3.8, 4) is 28.5 Å². The average Bonchev–Trinajstić information content (AvgIpc) is 3.12. The summed E-state index contributed by atoms with van der Waals surface area (Å²) < 4.78 is 12.1. The van der Waals surface area contributed by atoms with Crippen molar-refractivity contribution in [1.82, 2.24) is 15.1 Å². The van der Waals surface area contributed by atoms with Crippen LogP contribution in [-0.2, 0) is 6.61 Å². The monoisotopic (exact) mass is 475 g/mol. The van der Waals surface area contributed by atoms with Gasteiger partial charge in [0, 0.05) is 11.1 Å². The van der Waals surface area contributed by atoms with Crippen LogP contribution in [0.3, 0.4) is 0 Å². The molecule has 0 spiro atoms. The lowest BCUT2D eigenvalue weighted by atomic mass is 10.0. The predicted molar refractivity (Wildman–Crippen MR) is 111 cm³/mol. The van der Waals surface area contributed by atoms with E-state index in [-0.39, 0.29) is 6.61 Å². The van der Waals surface area contributed by atoms with Crippen molar-refractivity contribution < 1.29 is 9.26 Å². The summed E-state index contributed by atoms with van der Waals surface area (Å²) in [5.74, 6) is 0.955. The average molecular weight is 477 g/mol. The molecule has 0 unspecified atom stereocenters. The molecule has 2 aromatic carbocycles. The topological polar surface area (TPSA) is 61.0 Å². The Bertz CT molecular complexity index is 1080. The highest BCUT2D eigenvalue weighted by Gasteiger charge is 2.23. The third kappa shape index (κ3) is 3.90. The van der Waals surface area contributed by atoms with E-state index in [1.807, 2.05) is 30.3 Å². The Labute approximate surface area is 179 Å². The minimum absolute atomic E-state index is 0.154. The highest BCUT2D eigenvalue weighted by Crippen LogP contribution is 2.39. The second-order valence-corrected chi connectivity index (χ2v) is 7.39. The van der Waals surface area contributed by atoms with Crippen LogP contribution in [-0.4, -0.2) is 15.1 Å². The molecular formula is C20H12BrCl2N3O2. The van der Waals surface area contributed by atoms with Crippen LogP contribution in [0.5, 0.6) is 5.88 Å².